The van der Waals surface area contributed by atoms with Crippen LogP contribution in [0.1, 0.15) is 10.4 Å². The van der Waals surface area contributed by atoms with Crippen molar-refractivity contribution in [3.05, 3.63) is 54.1 Å². The van der Waals surface area contributed by atoms with E-state index in [9.17, 15) is 9.00 Å². The molecular weight excluding hydrogens is 386 g/mol. The second kappa shape index (κ2) is 10.7. The van der Waals surface area contributed by atoms with Crippen molar-refractivity contribution in [1.82, 2.24) is 10.0 Å². The maximum absolute atomic E-state index is 12.3. The number of benzene rings is 2. The SMILES string of the molecule is CNS(=O)c1ccc(NC(=S)NC(=O)c2ccc(OCCOC)cc2)cc1. The molecule has 0 radical (unpaired) electrons. The highest BCUT2D eigenvalue weighted by atomic mass is 32.2. The molecule has 0 heterocycles. The number of anilines is 1. The van der Waals surface area contributed by atoms with Crippen LogP contribution in [-0.4, -0.2) is 42.6 Å². The maximum atomic E-state index is 12.3. The topological polar surface area (TPSA) is 88.7 Å². The van der Waals surface area contributed by atoms with E-state index in [1.54, 1.807) is 62.7 Å². The third kappa shape index (κ3) is 6.72. The van der Waals surface area contributed by atoms with Gasteiger partial charge in [-0.25, -0.2) is 8.93 Å². The molecule has 0 fully saturated rings. The van der Waals surface area contributed by atoms with E-state index in [-0.39, 0.29) is 11.0 Å². The van der Waals surface area contributed by atoms with Crippen molar-refractivity contribution < 1.29 is 18.5 Å². The number of rotatable bonds is 8. The second-order valence-electron chi connectivity index (χ2n) is 5.27. The summed E-state index contributed by atoms with van der Waals surface area (Å²) in [6.07, 6.45) is 0. The first-order valence-corrected chi connectivity index (χ1v) is 9.62. The van der Waals surface area contributed by atoms with E-state index in [0.717, 1.165) is 0 Å². The van der Waals surface area contributed by atoms with Crippen molar-refractivity contribution in [2.24, 2.45) is 0 Å². The highest BCUT2D eigenvalue weighted by Crippen LogP contribution is 2.13. The Hall–Kier alpha value is -2.33. The van der Waals surface area contributed by atoms with Crippen molar-refractivity contribution in [3.63, 3.8) is 0 Å². The molecule has 0 aliphatic rings. The molecule has 0 aliphatic heterocycles. The fourth-order valence-corrected chi connectivity index (χ4v) is 2.89. The Kier molecular flexibility index (Phi) is 8.34. The Balaban J connectivity index is 1.87. The second-order valence-corrected chi connectivity index (χ2v) is 7.10. The number of hydrogen-bond donors (Lipinski definition) is 3. The van der Waals surface area contributed by atoms with E-state index in [4.69, 9.17) is 21.7 Å². The monoisotopic (exact) mass is 407 g/mol. The fourth-order valence-electron chi connectivity index (χ4n) is 2.06. The van der Waals surface area contributed by atoms with Crippen LogP contribution in [0.25, 0.3) is 0 Å². The molecule has 3 N–H and O–H groups in total. The molecule has 0 saturated heterocycles. The molecule has 0 aromatic heterocycles. The van der Waals surface area contributed by atoms with Gasteiger partial charge in [-0.2, -0.15) is 0 Å². The first kappa shape index (κ1) is 21.0. The zero-order valence-corrected chi connectivity index (χ0v) is 16.6. The summed E-state index contributed by atoms with van der Waals surface area (Å²) in [7, 11) is 1.97. The molecule has 0 bridgehead atoms. The van der Waals surface area contributed by atoms with Gasteiger partial charge in [-0.1, -0.05) is 0 Å². The van der Waals surface area contributed by atoms with Crippen LogP contribution >= 0.6 is 12.2 Å². The highest BCUT2D eigenvalue weighted by Gasteiger charge is 2.09. The Morgan fingerprint density at radius 2 is 1.74 bits per heavy atom. The number of ether oxygens (including phenoxy) is 2. The highest BCUT2D eigenvalue weighted by molar-refractivity contribution is 7.83. The summed E-state index contributed by atoms with van der Waals surface area (Å²) >= 11 is 5.16. The summed E-state index contributed by atoms with van der Waals surface area (Å²) in [6, 6.07) is 13.6. The van der Waals surface area contributed by atoms with E-state index in [1.807, 2.05) is 0 Å². The summed E-state index contributed by atoms with van der Waals surface area (Å²) in [5.41, 5.74) is 1.14. The van der Waals surface area contributed by atoms with Crippen LogP contribution in [0.3, 0.4) is 0 Å². The minimum Gasteiger partial charge on any atom is -0.491 e. The van der Waals surface area contributed by atoms with E-state index in [1.165, 1.54) is 0 Å². The summed E-state index contributed by atoms with van der Waals surface area (Å²) < 4.78 is 24.7. The van der Waals surface area contributed by atoms with Gasteiger partial charge in [0.25, 0.3) is 5.91 Å². The third-order valence-electron chi connectivity index (χ3n) is 3.41. The van der Waals surface area contributed by atoms with Gasteiger partial charge in [0.1, 0.15) is 23.3 Å². The smallest absolute Gasteiger partial charge is 0.257 e. The molecule has 2 aromatic rings. The molecule has 1 unspecified atom stereocenters. The van der Waals surface area contributed by atoms with Crippen LogP contribution in [-0.2, 0) is 15.7 Å². The predicted octanol–water partition coefficient (Wildman–Crippen LogP) is 2.08. The lowest BCUT2D eigenvalue weighted by molar-refractivity contribution is 0.0977. The van der Waals surface area contributed by atoms with Crippen LogP contribution in [0.4, 0.5) is 5.69 Å². The minimum absolute atomic E-state index is 0.169. The first-order valence-electron chi connectivity index (χ1n) is 8.07. The number of carbonyl (C=O) groups is 1. The van der Waals surface area contributed by atoms with Gasteiger partial charge in [-0.15, -0.1) is 0 Å². The Morgan fingerprint density at radius 3 is 2.33 bits per heavy atom. The van der Waals surface area contributed by atoms with Gasteiger partial charge in [0.15, 0.2) is 5.11 Å². The number of methoxy groups -OCH3 is 1. The quantitative estimate of drug-likeness (QED) is 0.459. The lowest BCUT2D eigenvalue weighted by Crippen LogP contribution is -2.34. The maximum Gasteiger partial charge on any atom is 0.257 e. The zero-order chi connectivity index (χ0) is 19.6. The van der Waals surface area contributed by atoms with Crippen molar-refractivity contribution >= 4 is 39.9 Å². The van der Waals surface area contributed by atoms with Crippen molar-refractivity contribution in [3.8, 4) is 5.75 Å². The number of amides is 1. The van der Waals surface area contributed by atoms with E-state index in [2.05, 4.69) is 15.4 Å². The molecular formula is C18H21N3O4S2. The molecule has 7 nitrogen and oxygen atoms in total. The average Bonchev–Trinajstić information content (AvgIpc) is 2.68. The van der Waals surface area contributed by atoms with Gasteiger partial charge in [-0.3, -0.25) is 10.1 Å². The van der Waals surface area contributed by atoms with Gasteiger partial charge in [0.05, 0.1) is 11.5 Å². The molecule has 144 valence electrons. The number of thiocarbonyl (C=S) groups is 1. The van der Waals surface area contributed by atoms with Crippen molar-refractivity contribution in [1.29, 1.82) is 0 Å². The van der Waals surface area contributed by atoms with E-state index < -0.39 is 11.0 Å². The van der Waals surface area contributed by atoms with Crippen molar-refractivity contribution in [2.45, 2.75) is 4.90 Å². The average molecular weight is 408 g/mol. The molecule has 2 rings (SSSR count). The van der Waals surface area contributed by atoms with Gasteiger partial charge in [0, 0.05) is 18.4 Å². The van der Waals surface area contributed by atoms with Gasteiger partial charge >= 0.3 is 0 Å². The van der Waals surface area contributed by atoms with E-state index >= 15 is 0 Å². The molecule has 9 heteroatoms. The van der Waals surface area contributed by atoms with Crippen molar-refractivity contribution in [2.75, 3.05) is 32.7 Å². The number of carbonyl (C=O) groups excluding carboxylic acids is 1. The van der Waals surface area contributed by atoms with Crippen LogP contribution in [0.2, 0.25) is 0 Å². The van der Waals surface area contributed by atoms with Crippen LogP contribution in [0.15, 0.2) is 53.4 Å². The molecule has 2 aromatic carbocycles. The molecule has 0 saturated carbocycles. The number of nitrogens with one attached hydrogen (secondary N) is 3. The zero-order valence-electron chi connectivity index (χ0n) is 15.0. The predicted molar refractivity (Wildman–Crippen MR) is 109 cm³/mol. The molecule has 1 atom stereocenters. The summed E-state index contributed by atoms with van der Waals surface area (Å²) in [5, 5.41) is 5.70. The molecule has 1 amide bonds. The van der Waals surface area contributed by atoms with E-state index in [0.29, 0.717) is 35.1 Å². The first-order chi connectivity index (χ1) is 13.0. The molecule has 0 spiro atoms. The van der Waals surface area contributed by atoms with Gasteiger partial charge < -0.3 is 14.8 Å². The minimum atomic E-state index is -1.25. The standard InChI is InChI=1S/C18H21N3O4S2/c1-19-27(23)16-9-5-14(6-10-16)20-18(26)21-17(22)13-3-7-15(8-4-13)25-12-11-24-2/h3-10,19H,11-12H2,1-2H3,(H2,20,21,22,26). The van der Waals surface area contributed by atoms with Crippen LogP contribution in [0, 0.1) is 0 Å². The lowest BCUT2D eigenvalue weighted by atomic mass is 10.2. The van der Waals surface area contributed by atoms with Crippen LogP contribution < -0.4 is 20.1 Å². The van der Waals surface area contributed by atoms with Gasteiger partial charge in [-0.05, 0) is 67.8 Å². The largest absolute Gasteiger partial charge is 0.491 e. The Labute approximate surface area is 166 Å². The summed E-state index contributed by atoms with van der Waals surface area (Å²) in [4.78, 5) is 12.9. The lowest BCUT2D eigenvalue weighted by Gasteiger charge is -2.11. The Bertz CT molecular complexity index is 795. The summed E-state index contributed by atoms with van der Waals surface area (Å²) in [6.45, 7) is 0.935. The fraction of sp³-hybridized carbons (Fsp3) is 0.222. The van der Waals surface area contributed by atoms with Gasteiger partial charge in [0.2, 0.25) is 0 Å². The Morgan fingerprint density at radius 1 is 1.07 bits per heavy atom. The molecule has 0 aliphatic carbocycles. The van der Waals surface area contributed by atoms with Crippen LogP contribution in [0.5, 0.6) is 5.75 Å². The normalized spacial score (nSPS) is 11.5. The third-order valence-corrected chi connectivity index (χ3v) is 4.69. The molecule has 27 heavy (non-hydrogen) atoms. The number of hydrogen-bond acceptors (Lipinski definition) is 5. The summed E-state index contributed by atoms with van der Waals surface area (Å²) in [5.74, 6) is 0.326.